The van der Waals surface area contributed by atoms with E-state index < -0.39 is 35.1 Å². The predicted octanol–water partition coefficient (Wildman–Crippen LogP) is 6.72. The fraction of sp³-hybridized carbons (Fsp3) is 0.323. The Bertz CT molecular complexity index is 1520. The van der Waals surface area contributed by atoms with Crippen molar-refractivity contribution in [3.63, 3.8) is 0 Å². The highest BCUT2D eigenvalue weighted by molar-refractivity contribution is 6.31. The maximum absolute atomic E-state index is 15.8. The van der Waals surface area contributed by atoms with Crippen molar-refractivity contribution in [3.05, 3.63) is 93.2 Å². The van der Waals surface area contributed by atoms with Crippen LogP contribution in [0.4, 0.5) is 15.8 Å². The molecule has 2 heterocycles. The monoisotopic (exact) mass is 581 g/mol. The van der Waals surface area contributed by atoms with Crippen LogP contribution in [0.2, 0.25) is 10.0 Å². The van der Waals surface area contributed by atoms with Gasteiger partial charge in [0.15, 0.2) is 5.78 Å². The summed E-state index contributed by atoms with van der Waals surface area (Å²) in [6, 6.07) is 14.8. The number of amides is 2. The minimum absolute atomic E-state index is 0.0928. The molecule has 4 atom stereocenters. The fourth-order valence-corrected chi connectivity index (χ4v) is 6.51. The van der Waals surface area contributed by atoms with E-state index in [0.717, 1.165) is 0 Å². The van der Waals surface area contributed by atoms with Crippen molar-refractivity contribution in [1.82, 2.24) is 5.32 Å². The number of halogens is 3. The molecule has 2 amide bonds. The summed E-state index contributed by atoms with van der Waals surface area (Å²) in [5.74, 6) is -2.49. The first kappa shape index (κ1) is 28.3. The van der Waals surface area contributed by atoms with Gasteiger partial charge >= 0.3 is 0 Å². The number of fused-ring (bicyclic) bond motifs is 2. The smallest absolute Gasteiger partial charge is 0.242 e. The van der Waals surface area contributed by atoms with E-state index in [9.17, 15) is 14.4 Å². The van der Waals surface area contributed by atoms with E-state index in [0.29, 0.717) is 33.9 Å². The highest BCUT2D eigenvalue weighted by Gasteiger charge is 2.66. The third kappa shape index (κ3) is 4.80. The van der Waals surface area contributed by atoms with Crippen LogP contribution in [-0.4, -0.2) is 29.7 Å². The molecule has 0 saturated carbocycles. The van der Waals surface area contributed by atoms with E-state index in [2.05, 4.69) is 36.7 Å². The highest BCUT2D eigenvalue weighted by Crippen LogP contribution is 2.57. The Morgan fingerprint density at radius 2 is 1.75 bits per heavy atom. The molecule has 1 spiro atoms. The Kier molecular flexibility index (Phi) is 7.27. The number of hydrogen-bond acceptors (Lipinski definition) is 4. The Balaban J connectivity index is 1.69. The second-order valence-electron chi connectivity index (χ2n) is 11.7. The molecular weight excluding hydrogens is 552 g/mol. The Morgan fingerprint density at radius 3 is 2.40 bits per heavy atom. The SMILES string of the molecule is CC(=O)c1ccc(NC(=O)[C@H]2N[C@H](CC(C)(C)C)[C@]3(C(=O)Nc4cc(Cl)ccc43)[C@@H]2c2cccc(Cl)c2F)cc1. The lowest BCUT2D eigenvalue weighted by Crippen LogP contribution is -2.49. The molecule has 3 aromatic carbocycles. The van der Waals surface area contributed by atoms with Crippen LogP contribution >= 0.6 is 23.2 Å². The first-order chi connectivity index (χ1) is 18.8. The second-order valence-corrected chi connectivity index (χ2v) is 12.6. The van der Waals surface area contributed by atoms with Crippen LogP contribution < -0.4 is 16.0 Å². The molecule has 0 bridgehead atoms. The molecule has 0 radical (unpaired) electrons. The Labute approximate surface area is 242 Å². The molecule has 2 aliphatic rings. The van der Waals surface area contributed by atoms with Crippen molar-refractivity contribution < 1.29 is 18.8 Å². The molecule has 0 aromatic heterocycles. The first-order valence-corrected chi connectivity index (χ1v) is 13.8. The van der Waals surface area contributed by atoms with Gasteiger partial charge in [-0.1, -0.05) is 62.2 Å². The lowest BCUT2D eigenvalue weighted by Gasteiger charge is -2.37. The van der Waals surface area contributed by atoms with Crippen LogP contribution in [-0.2, 0) is 15.0 Å². The first-order valence-electron chi connectivity index (χ1n) is 13.1. The lowest BCUT2D eigenvalue weighted by molar-refractivity contribution is -0.122. The standard InChI is InChI=1S/C31H30Cl2FN3O3/c1-16(38)17-8-11-19(12-9-17)35-28(39)27-25(20-6-5-7-22(33)26(20)34)31(24(37-27)15-30(2,3)4)21-13-10-18(32)14-23(21)36-29(31)40/h5-14,24-25,27,37H,15H2,1-4H3,(H,35,39)(H,36,40)/t24-,25-,27+,31+/m1/s1. The summed E-state index contributed by atoms with van der Waals surface area (Å²) >= 11 is 12.5. The van der Waals surface area contributed by atoms with Crippen LogP contribution in [0, 0.1) is 11.2 Å². The summed E-state index contributed by atoms with van der Waals surface area (Å²) in [6.07, 6.45) is 0.512. The summed E-state index contributed by atoms with van der Waals surface area (Å²) in [6.45, 7) is 7.62. The van der Waals surface area contributed by atoms with Gasteiger partial charge in [-0.25, -0.2) is 4.39 Å². The van der Waals surface area contributed by atoms with Gasteiger partial charge in [0.05, 0.1) is 11.1 Å². The molecule has 5 rings (SSSR count). The van der Waals surface area contributed by atoms with Crippen LogP contribution in [0.5, 0.6) is 0 Å². The number of anilines is 2. The number of benzene rings is 3. The molecule has 3 N–H and O–H groups in total. The van der Waals surface area contributed by atoms with Gasteiger partial charge in [0.2, 0.25) is 11.8 Å². The van der Waals surface area contributed by atoms with E-state index in [4.69, 9.17) is 23.2 Å². The molecule has 2 aliphatic heterocycles. The molecule has 40 heavy (non-hydrogen) atoms. The van der Waals surface area contributed by atoms with Gasteiger partial charge in [0.1, 0.15) is 11.2 Å². The number of rotatable bonds is 5. The number of Topliss-reactive ketones (excluding diaryl/α,β-unsaturated/α-hetero) is 1. The van der Waals surface area contributed by atoms with Gasteiger partial charge in [-0.15, -0.1) is 0 Å². The summed E-state index contributed by atoms with van der Waals surface area (Å²) < 4.78 is 15.8. The van der Waals surface area contributed by atoms with Crippen molar-refractivity contribution in [2.24, 2.45) is 5.41 Å². The molecule has 1 saturated heterocycles. The van der Waals surface area contributed by atoms with Crippen molar-refractivity contribution in [3.8, 4) is 0 Å². The van der Waals surface area contributed by atoms with Crippen LogP contribution in [0.3, 0.4) is 0 Å². The van der Waals surface area contributed by atoms with E-state index >= 15 is 4.39 Å². The molecule has 208 valence electrons. The zero-order valence-corrected chi connectivity index (χ0v) is 24.1. The molecule has 0 unspecified atom stereocenters. The molecular formula is C31H30Cl2FN3O3. The third-order valence-electron chi connectivity index (χ3n) is 7.78. The van der Waals surface area contributed by atoms with Crippen molar-refractivity contribution in [1.29, 1.82) is 0 Å². The molecule has 6 nitrogen and oxygen atoms in total. The van der Waals surface area contributed by atoms with Crippen LogP contribution in [0.15, 0.2) is 60.7 Å². The van der Waals surface area contributed by atoms with Crippen LogP contribution in [0.25, 0.3) is 0 Å². The lowest BCUT2D eigenvalue weighted by atomic mass is 9.62. The van der Waals surface area contributed by atoms with Crippen molar-refractivity contribution in [2.75, 3.05) is 10.6 Å². The number of hydrogen-bond donors (Lipinski definition) is 3. The van der Waals surface area contributed by atoms with Gasteiger partial charge in [-0.2, -0.15) is 0 Å². The van der Waals surface area contributed by atoms with Gasteiger partial charge in [0.25, 0.3) is 0 Å². The molecule has 9 heteroatoms. The van der Waals surface area contributed by atoms with E-state index in [1.807, 2.05) is 0 Å². The summed E-state index contributed by atoms with van der Waals surface area (Å²) in [5, 5.41) is 9.66. The number of nitrogens with one attached hydrogen (secondary N) is 3. The maximum Gasteiger partial charge on any atom is 0.242 e. The van der Waals surface area contributed by atoms with Crippen LogP contribution in [0.1, 0.15) is 61.5 Å². The zero-order chi connectivity index (χ0) is 29.0. The van der Waals surface area contributed by atoms with E-state index in [1.54, 1.807) is 54.6 Å². The molecule has 0 aliphatic carbocycles. The largest absolute Gasteiger partial charge is 0.325 e. The Hall–Kier alpha value is -3.26. The zero-order valence-electron chi connectivity index (χ0n) is 22.6. The molecule has 1 fully saturated rings. The summed E-state index contributed by atoms with van der Waals surface area (Å²) in [7, 11) is 0. The topological polar surface area (TPSA) is 87.3 Å². The fourth-order valence-electron chi connectivity index (χ4n) is 6.16. The third-order valence-corrected chi connectivity index (χ3v) is 8.31. The number of carbonyl (C=O) groups excluding carboxylic acids is 3. The van der Waals surface area contributed by atoms with Gasteiger partial charge in [-0.05, 0) is 72.4 Å². The normalized spacial score (nSPS) is 23.7. The summed E-state index contributed by atoms with van der Waals surface area (Å²) in [5.41, 5.74) is 0.753. The van der Waals surface area contributed by atoms with Gasteiger partial charge in [-0.3, -0.25) is 14.4 Å². The van der Waals surface area contributed by atoms with Crippen molar-refractivity contribution >= 4 is 52.2 Å². The van der Waals surface area contributed by atoms with Gasteiger partial charge in [0, 0.05) is 33.9 Å². The van der Waals surface area contributed by atoms with E-state index in [1.165, 1.54) is 13.0 Å². The number of ketones is 1. The average Bonchev–Trinajstić information content (AvgIpc) is 3.35. The summed E-state index contributed by atoms with van der Waals surface area (Å²) in [4.78, 5) is 39.8. The van der Waals surface area contributed by atoms with E-state index in [-0.39, 0.29) is 27.7 Å². The molecule has 3 aromatic rings. The average molecular weight is 583 g/mol. The minimum atomic E-state index is -1.33. The highest BCUT2D eigenvalue weighted by atomic mass is 35.5. The maximum atomic E-state index is 15.8. The van der Waals surface area contributed by atoms with Crippen molar-refractivity contribution in [2.45, 2.75) is 57.5 Å². The minimum Gasteiger partial charge on any atom is -0.325 e. The quantitative estimate of drug-likeness (QED) is 0.292. The Morgan fingerprint density at radius 1 is 1.05 bits per heavy atom. The second kappa shape index (κ2) is 10.3. The number of carbonyl (C=O) groups is 3. The van der Waals surface area contributed by atoms with Gasteiger partial charge < -0.3 is 16.0 Å². The predicted molar refractivity (Wildman–Crippen MR) is 156 cm³/mol.